The van der Waals surface area contributed by atoms with E-state index in [1.807, 2.05) is 24.3 Å². The van der Waals surface area contributed by atoms with E-state index in [-0.39, 0.29) is 0 Å². The summed E-state index contributed by atoms with van der Waals surface area (Å²) < 4.78 is 8.59. The van der Waals surface area contributed by atoms with E-state index >= 15 is 0 Å². The number of aromatic nitrogens is 3. The first kappa shape index (κ1) is 28.3. The molecule has 0 fully saturated rings. The van der Waals surface area contributed by atoms with Crippen LogP contribution < -0.4 is 0 Å². The minimum atomic E-state index is 0.651. The number of hydrogen-bond donors (Lipinski definition) is 0. The van der Waals surface area contributed by atoms with E-state index in [0.717, 1.165) is 55.7 Å². The lowest BCUT2D eigenvalue weighted by Crippen LogP contribution is -1.97. The molecule has 0 spiro atoms. The van der Waals surface area contributed by atoms with E-state index in [0.29, 0.717) is 5.82 Å². The van der Waals surface area contributed by atoms with Crippen LogP contribution in [0.25, 0.3) is 94.5 Å². The Morgan fingerprint density at radius 2 is 0.860 bits per heavy atom. The third-order valence-corrected chi connectivity index (χ3v) is 9.65. The van der Waals surface area contributed by atoms with Crippen LogP contribution in [0.5, 0.6) is 0 Å². The highest BCUT2D eigenvalue weighted by molar-refractivity contribution is 6.09. The van der Waals surface area contributed by atoms with Gasteiger partial charge in [-0.15, -0.1) is 0 Å². The zero-order valence-electron chi connectivity index (χ0n) is 27.0. The molecule has 0 radical (unpaired) electrons. The van der Waals surface area contributed by atoms with Gasteiger partial charge in [0, 0.05) is 43.9 Å². The lowest BCUT2D eigenvalue weighted by Gasteiger charge is -2.12. The summed E-state index contributed by atoms with van der Waals surface area (Å²) >= 11 is 0. The van der Waals surface area contributed by atoms with E-state index in [2.05, 4.69) is 156 Å². The average molecular weight is 640 g/mol. The maximum Gasteiger partial charge on any atom is 0.160 e. The van der Waals surface area contributed by atoms with Crippen molar-refractivity contribution >= 4 is 43.7 Å². The number of rotatable bonds is 5. The molecule has 234 valence electrons. The van der Waals surface area contributed by atoms with Gasteiger partial charge in [0.05, 0.1) is 22.4 Å². The van der Waals surface area contributed by atoms with Gasteiger partial charge in [-0.1, -0.05) is 127 Å². The zero-order chi connectivity index (χ0) is 33.0. The maximum atomic E-state index is 6.25. The van der Waals surface area contributed by atoms with Crippen LogP contribution in [0.4, 0.5) is 0 Å². The Bertz CT molecular complexity index is 2790. The maximum absolute atomic E-state index is 6.25. The molecule has 0 aliphatic heterocycles. The summed E-state index contributed by atoms with van der Waals surface area (Å²) in [6.07, 6.45) is 0. The number of furan rings is 1. The molecule has 3 aromatic heterocycles. The summed E-state index contributed by atoms with van der Waals surface area (Å²) in [7, 11) is 0. The fourth-order valence-corrected chi connectivity index (χ4v) is 7.18. The monoisotopic (exact) mass is 639 g/mol. The summed E-state index contributed by atoms with van der Waals surface area (Å²) in [5.74, 6) is 0.651. The Hall–Kier alpha value is -6.78. The van der Waals surface area contributed by atoms with Gasteiger partial charge in [0.25, 0.3) is 0 Å². The Morgan fingerprint density at radius 1 is 0.360 bits per heavy atom. The quantitative estimate of drug-likeness (QED) is 0.188. The second-order valence-corrected chi connectivity index (χ2v) is 12.6. The number of hydrogen-bond acceptors (Lipinski definition) is 3. The molecule has 4 heteroatoms. The average Bonchev–Trinajstić information content (AvgIpc) is 3.74. The van der Waals surface area contributed by atoms with Crippen molar-refractivity contribution in [3.63, 3.8) is 0 Å². The number of fused-ring (bicyclic) bond motifs is 6. The van der Waals surface area contributed by atoms with E-state index in [1.54, 1.807) is 0 Å². The minimum Gasteiger partial charge on any atom is -0.456 e. The molecule has 4 nitrogen and oxygen atoms in total. The lowest BCUT2D eigenvalue weighted by molar-refractivity contribution is 0.669. The summed E-state index contributed by atoms with van der Waals surface area (Å²) in [5.41, 5.74) is 12.2. The summed E-state index contributed by atoms with van der Waals surface area (Å²) in [6, 6.07) is 61.4. The molecule has 10 rings (SSSR count). The molecular formula is C46H29N3O. The molecule has 0 amide bonds. The van der Waals surface area contributed by atoms with Gasteiger partial charge in [0.1, 0.15) is 11.2 Å². The van der Waals surface area contributed by atoms with Gasteiger partial charge in [0.2, 0.25) is 0 Å². The van der Waals surface area contributed by atoms with Crippen LogP contribution in [0, 0.1) is 0 Å². The van der Waals surface area contributed by atoms with Crippen LogP contribution in [0.1, 0.15) is 0 Å². The normalized spacial score (nSPS) is 11.6. The highest BCUT2D eigenvalue weighted by atomic mass is 16.3. The van der Waals surface area contributed by atoms with Crippen LogP contribution in [0.15, 0.2) is 180 Å². The molecule has 0 aliphatic carbocycles. The molecule has 0 N–H and O–H groups in total. The molecule has 0 atom stereocenters. The number of benzene rings is 7. The van der Waals surface area contributed by atoms with Crippen molar-refractivity contribution in [2.24, 2.45) is 0 Å². The van der Waals surface area contributed by atoms with Gasteiger partial charge in [-0.3, -0.25) is 0 Å². The topological polar surface area (TPSA) is 43.9 Å². The Labute approximate surface area is 288 Å². The lowest BCUT2D eigenvalue weighted by atomic mass is 10.0. The Morgan fingerprint density at radius 3 is 1.54 bits per heavy atom. The van der Waals surface area contributed by atoms with E-state index < -0.39 is 0 Å². The zero-order valence-corrected chi connectivity index (χ0v) is 27.0. The molecule has 0 bridgehead atoms. The molecule has 7 aromatic carbocycles. The first-order chi connectivity index (χ1) is 24.8. The fourth-order valence-electron chi connectivity index (χ4n) is 7.18. The first-order valence-electron chi connectivity index (χ1n) is 16.8. The van der Waals surface area contributed by atoms with Crippen molar-refractivity contribution in [2.45, 2.75) is 0 Å². The van der Waals surface area contributed by atoms with Gasteiger partial charge in [-0.25, -0.2) is 9.97 Å². The molecule has 0 saturated heterocycles. The second kappa shape index (κ2) is 11.4. The molecule has 3 heterocycles. The van der Waals surface area contributed by atoms with E-state index in [1.165, 1.54) is 32.9 Å². The molecule has 0 aliphatic rings. The van der Waals surface area contributed by atoms with E-state index in [4.69, 9.17) is 14.4 Å². The Balaban J connectivity index is 1.10. The van der Waals surface area contributed by atoms with Crippen molar-refractivity contribution in [2.75, 3.05) is 0 Å². The van der Waals surface area contributed by atoms with Gasteiger partial charge in [0.15, 0.2) is 5.82 Å². The third kappa shape index (κ3) is 4.69. The summed E-state index contributed by atoms with van der Waals surface area (Å²) in [4.78, 5) is 10.3. The second-order valence-electron chi connectivity index (χ2n) is 12.6. The van der Waals surface area contributed by atoms with Crippen LogP contribution in [0.3, 0.4) is 0 Å². The van der Waals surface area contributed by atoms with Crippen molar-refractivity contribution in [1.29, 1.82) is 0 Å². The van der Waals surface area contributed by atoms with Gasteiger partial charge < -0.3 is 8.98 Å². The predicted molar refractivity (Wildman–Crippen MR) is 205 cm³/mol. The summed E-state index contributed by atoms with van der Waals surface area (Å²) in [6.45, 7) is 0. The van der Waals surface area contributed by atoms with Crippen molar-refractivity contribution in [3.8, 4) is 50.7 Å². The van der Waals surface area contributed by atoms with Gasteiger partial charge in [-0.05, 0) is 59.7 Å². The molecule has 50 heavy (non-hydrogen) atoms. The highest BCUT2D eigenvalue weighted by Gasteiger charge is 2.15. The molecule has 10 aromatic rings. The van der Waals surface area contributed by atoms with Crippen molar-refractivity contribution in [1.82, 2.24) is 14.5 Å². The van der Waals surface area contributed by atoms with Crippen LogP contribution >= 0.6 is 0 Å². The largest absolute Gasteiger partial charge is 0.456 e. The van der Waals surface area contributed by atoms with Crippen LogP contribution in [-0.2, 0) is 0 Å². The predicted octanol–water partition coefficient (Wildman–Crippen LogP) is 12.1. The molecular weight excluding hydrogens is 611 g/mol. The molecule has 0 unspecified atom stereocenters. The first-order valence-corrected chi connectivity index (χ1v) is 16.8. The number of para-hydroxylation sites is 3. The van der Waals surface area contributed by atoms with Crippen molar-refractivity contribution in [3.05, 3.63) is 176 Å². The smallest absolute Gasteiger partial charge is 0.160 e. The van der Waals surface area contributed by atoms with Crippen LogP contribution in [-0.4, -0.2) is 14.5 Å². The van der Waals surface area contributed by atoms with Crippen molar-refractivity contribution < 1.29 is 4.42 Å². The van der Waals surface area contributed by atoms with Crippen LogP contribution in [0.2, 0.25) is 0 Å². The minimum absolute atomic E-state index is 0.651. The van der Waals surface area contributed by atoms with E-state index in [9.17, 15) is 0 Å². The highest BCUT2D eigenvalue weighted by Crippen LogP contribution is 2.35. The number of nitrogens with zero attached hydrogens (tertiary/aromatic N) is 3. The summed E-state index contributed by atoms with van der Waals surface area (Å²) in [5, 5.41) is 4.68. The fraction of sp³-hybridized carbons (Fsp3) is 0. The molecule has 0 saturated carbocycles. The Kier molecular flexibility index (Phi) is 6.46. The van der Waals surface area contributed by atoms with Gasteiger partial charge in [-0.2, -0.15) is 0 Å². The standard InChI is InChI=1S/C46H29N3O/c1-2-10-30(11-3-1)31-18-20-32(21-19-31)40-29-41(48-46(47-40)34-24-27-39-38-14-6-9-17-44(38)50-45(39)28-34)33-22-25-35(26-23-33)49-42-15-7-4-12-36(42)37-13-5-8-16-43(37)49/h1-29H. The van der Waals surface area contributed by atoms with Gasteiger partial charge >= 0.3 is 0 Å². The SMILES string of the molecule is c1ccc(-c2ccc(-c3cc(-c4ccc(-n5c6ccccc6c6ccccc65)cc4)nc(-c4ccc5c(c4)oc4ccccc45)n3)cc2)cc1. The third-order valence-electron chi connectivity index (χ3n) is 9.65.